The Kier molecular flexibility index (Phi) is 3.99. The molecule has 0 aromatic carbocycles. The lowest BCUT2D eigenvalue weighted by molar-refractivity contribution is -0.140. The van der Waals surface area contributed by atoms with Crippen molar-refractivity contribution in [1.29, 1.82) is 0 Å². The third-order valence-corrected chi connectivity index (χ3v) is 2.17. The molecule has 0 N–H and O–H groups in total. The van der Waals surface area contributed by atoms with Crippen LogP contribution in [0.3, 0.4) is 0 Å². The van der Waals surface area contributed by atoms with Crippen LogP contribution in [0.5, 0.6) is 0 Å². The Morgan fingerprint density at radius 2 is 1.88 bits per heavy atom. The maximum absolute atomic E-state index is 11.5. The Balaban J connectivity index is 2.67. The van der Waals surface area contributed by atoms with Crippen LogP contribution >= 0.6 is 0 Å². The number of hydrogen-bond donors (Lipinski definition) is 0. The van der Waals surface area contributed by atoms with Crippen molar-refractivity contribution in [2.75, 3.05) is 14.2 Å². The quantitative estimate of drug-likeness (QED) is 0.515. The molecule has 0 amide bonds. The zero-order valence-electron chi connectivity index (χ0n) is 9.11. The Morgan fingerprint density at radius 1 is 1.19 bits per heavy atom. The van der Waals surface area contributed by atoms with E-state index in [9.17, 15) is 14.4 Å². The van der Waals surface area contributed by atoms with Gasteiger partial charge < -0.3 is 9.47 Å². The molecule has 0 fully saturated rings. The summed E-state index contributed by atoms with van der Waals surface area (Å²) in [6.07, 6.45) is 2.61. The second-order valence-corrected chi connectivity index (χ2v) is 3.19. The van der Waals surface area contributed by atoms with E-state index in [0.717, 1.165) is 6.08 Å². The van der Waals surface area contributed by atoms with Crippen LogP contribution in [0.25, 0.3) is 0 Å². The summed E-state index contributed by atoms with van der Waals surface area (Å²) in [6.45, 7) is 0. The molecule has 5 heteroatoms. The highest BCUT2D eigenvalue weighted by molar-refractivity contribution is 6.19. The predicted molar refractivity (Wildman–Crippen MR) is 54.4 cm³/mol. The average molecular weight is 224 g/mol. The lowest BCUT2D eigenvalue weighted by Gasteiger charge is -2.10. The van der Waals surface area contributed by atoms with E-state index in [1.54, 1.807) is 0 Å². The molecule has 0 saturated heterocycles. The van der Waals surface area contributed by atoms with E-state index in [-0.39, 0.29) is 30.2 Å². The van der Waals surface area contributed by atoms with E-state index in [1.807, 2.05) is 0 Å². The summed E-state index contributed by atoms with van der Waals surface area (Å²) in [4.78, 5) is 33.7. The SMILES string of the molecule is COC(=O)CCC1=CC(=O)C(OC)=CC1=O. The lowest BCUT2D eigenvalue weighted by atomic mass is 9.98. The van der Waals surface area contributed by atoms with Crippen molar-refractivity contribution in [3.05, 3.63) is 23.5 Å². The van der Waals surface area contributed by atoms with Crippen LogP contribution in [-0.2, 0) is 23.9 Å². The van der Waals surface area contributed by atoms with Crippen LogP contribution in [-0.4, -0.2) is 31.8 Å². The van der Waals surface area contributed by atoms with Crippen LogP contribution < -0.4 is 0 Å². The maximum Gasteiger partial charge on any atom is 0.305 e. The van der Waals surface area contributed by atoms with Crippen LogP contribution in [0.1, 0.15) is 12.8 Å². The van der Waals surface area contributed by atoms with Gasteiger partial charge in [0.1, 0.15) is 0 Å². The van der Waals surface area contributed by atoms with E-state index < -0.39 is 5.97 Å². The lowest BCUT2D eigenvalue weighted by Crippen LogP contribution is -2.15. The number of allylic oxidation sites excluding steroid dienone is 3. The molecule has 1 aliphatic carbocycles. The number of methoxy groups -OCH3 is 2. The van der Waals surface area contributed by atoms with E-state index in [2.05, 4.69) is 4.74 Å². The molecular formula is C11H12O5. The first-order valence-corrected chi connectivity index (χ1v) is 4.70. The minimum absolute atomic E-state index is 0.0202. The van der Waals surface area contributed by atoms with Crippen molar-refractivity contribution < 1.29 is 23.9 Å². The monoisotopic (exact) mass is 224 g/mol. The zero-order valence-corrected chi connectivity index (χ0v) is 9.11. The molecule has 1 rings (SSSR count). The van der Waals surface area contributed by atoms with Gasteiger partial charge in [-0.3, -0.25) is 14.4 Å². The molecule has 0 spiro atoms. The van der Waals surface area contributed by atoms with E-state index in [4.69, 9.17) is 4.74 Å². The molecule has 0 heterocycles. The molecule has 86 valence electrons. The summed E-state index contributed by atoms with van der Waals surface area (Å²) in [7, 11) is 2.60. The third-order valence-electron chi connectivity index (χ3n) is 2.17. The standard InChI is InChI=1S/C11H12O5/c1-15-10-6-8(12)7(5-9(10)13)3-4-11(14)16-2/h5-6H,3-4H2,1-2H3. The molecule has 0 aliphatic heterocycles. The molecule has 16 heavy (non-hydrogen) atoms. The largest absolute Gasteiger partial charge is 0.493 e. The van der Waals surface area contributed by atoms with Gasteiger partial charge in [-0.1, -0.05) is 0 Å². The second kappa shape index (κ2) is 5.25. The topological polar surface area (TPSA) is 69.7 Å². The summed E-state index contributed by atoms with van der Waals surface area (Å²) in [5, 5.41) is 0. The molecule has 0 saturated carbocycles. The second-order valence-electron chi connectivity index (χ2n) is 3.19. The zero-order chi connectivity index (χ0) is 12.1. The van der Waals surface area contributed by atoms with Gasteiger partial charge in [0.15, 0.2) is 11.5 Å². The highest BCUT2D eigenvalue weighted by Crippen LogP contribution is 2.16. The highest BCUT2D eigenvalue weighted by atomic mass is 16.5. The molecule has 5 nitrogen and oxygen atoms in total. The summed E-state index contributed by atoms with van der Waals surface area (Å²) < 4.78 is 9.17. The van der Waals surface area contributed by atoms with Crippen molar-refractivity contribution in [2.45, 2.75) is 12.8 Å². The predicted octanol–water partition coefficient (Wildman–Crippen LogP) is 0.548. The van der Waals surface area contributed by atoms with E-state index in [0.29, 0.717) is 5.57 Å². The smallest absolute Gasteiger partial charge is 0.305 e. The molecule has 0 aromatic heterocycles. The molecule has 0 atom stereocenters. The maximum atomic E-state index is 11.5. The summed E-state index contributed by atoms with van der Waals surface area (Å²) in [5.74, 6) is -1.06. The van der Waals surface area contributed by atoms with Crippen LogP contribution in [0.2, 0.25) is 0 Å². The molecule has 0 radical (unpaired) electrons. The fraction of sp³-hybridized carbons (Fsp3) is 0.364. The fourth-order valence-corrected chi connectivity index (χ4v) is 1.28. The van der Waals surface area contributed by atoms with Crippen LogP contribution in [0.15, 0.2) is 23.5 Å². The van der Waals surface area contributed by atoms with Crippen molar-refractivity contribution in [2.24, 2.45) is 0 Å². The molecular weight excluding hydrogens is 212 g/mol. The third kappa shape index (κ3) is 2.79. The molecule has 0 bridgehead atoms. The van der Waals surface area contributed by atoms with Crippen molar-refractivity contribution in [3.8, 4) is 0 Å². The number of esters is 1. The normalized spacial score (nSPS) is 15.4. The van der Waals surface area contributed by atoms with Gasteiger partial charge in [0.05, 0.1) is 14.2 Å². The van der Waals surface area contributed by atoms with E-state index >= 15 is 0 Å². The summed E-state index contributed by atoms with van der Waals surface area (Å²) in [5.41, 5.74) is 0.302. The molecule has 1 aliphatic rings. The average Bonchev–Trinajstić information content (AvgIpc) is 2.29. The molecule has 0 aromatic rings. The first-order valence-electron chi connectivity index (χ1n) is 4.70. The van der Waals surface area contributed by atoms with Gasteiger partial charge in [-0.2, -0.15) is 0 Å². The van der Waals surface area contributed by atoms with Crippen molar-refractivity contribution >= 4 is 17.5 Å². The fourth-order valence-electron chi connectivity index (χ4n) is 1.28. The van der Waals surface area contributed by atoms with Gasteiger partial charge in [-0.15, -0.1) is 0 Å². The summed E-state index contributed by atoms with van der Waals surface area (Å²) >= 11 is 0. The number of carbonyl (C=O) groups is 3. The number of hydrogen-bond acceptors (Lipinski definition) is 5. The van der Waals surface area contributed by atoms with Gasteiger partial charge >= 0.3 is 5.97 Å². The van der Waals surface area contributed by atoms with Gasteiger partial charge in [-0.05, 0) is 12.5 Å². The highest BCUT2D eigenvalue weighted by Gasteiger charge is 2.21. The van der Waals surface area contributed by atoms with Gasteiger partial charge in [0.2, 0.25) is 5.78 Å². The van der Waals surface area contributed by atoms with Crippen molar-refractivity contribution in [1.82, 2.24) is 0 Å². The van der Waals surface area contributed by atoms with Crippen LogP contribution in [0.4, 0.5) is 0 Å². The minimum atomic E-state index is -0.414. The van der Waals surface area contributed by atoms with Gasteiger partial charge in [-0.25, -0.2) is 0 Å². The van der Waals surface area contributed by atoms with E-state index in [1.165, 1.54) is 20.3 Å². The molecule has 0 unspecified atom stereocenters. The number of ether oxygens (including phenoxy) is 2. The Hall–Kier alpha value is -1.91. The number of rotatable bonds is 4. The number of carbonyl (C=O) groups excluding carboxylic acids is 3. The van der Waals surface area contributed by atoms with Gasteiger partial charge in [0.25, 0.3) is 0 Å². The Labute approximate surface area is 92.7 Å². The minimum Gasteiger partial charge on any atom is -0.493 e. The number of ketones is 2. The van der Waals surface area contributed by atoms with Gasteiger partial charge in [0, 0.05) is 18.1 Å². The van der Waals surface area contributed by atoms with Crippen LogP contribution in [0, 0.1) is 0 Å². The Morgan fingerprint density at radius 3 is 2.44 bits per heavy atom. The summed E-state index contributed by atoms with van der Waals surface area (Å²) in [6, 6.07) is 0. The van der Waals surface area contributed by atoms with Crippen molar-refractivity contribution in [3.63, 3.8) is 0 Å². The first-order chi connectivity index (χ1) is 7.58. The Bertz CT molecular complexity index is 389. The first kappa shape index (κ1) is 12.2.